The van der Waals surface area contributed by atoms with Crippen molar-refractivity contribution in [1.82, 2.24) is 15.0 Å². The zero-order valence-corrected chi connectivity index (χ0v) is 22.5. The van der Waals surface area contributed by atoms with Crippen LogP contribution >= 0.6 is 34.2 Å². The summed E-state index contributed by atoms with van der Waals surface area (Å²) in [6.45, 7) is 7.13. The van der Waals surface area contributed by atoms with Gasteiger partial charge in [0.05, 0.1) is 25.5 Å². The molecule has 2 unspecified atom stereocenters. The Morgan fingerprint density at radius 2 is 1.53 bits per heavy atom. The predicted octanol–water partition coefficient (Wildman–Crippen LogP) is 4.39. The molecule has 3 aromatic rings. The van der Waals surface area contributed by atoms with Crippen LogP contribution in [0.1, 0.15) is 37.6 Å². The van der Waals surface area contributed by atoms with Crippen LogP contribution in [0.4, 0.5) is 0 Å². The Labute approximate surface area is 219 Å². The van der Waals surface area contributed by atoms with E-state index in [1.807, 2.05) is 59.0 Å². The van der Waals surface area contributed by atoms with Crippen LogP contribution in [0.3, 0.4) is 0 Å². The molecule has 0 amide bonds. The number of hydrogen-bond donors (Lipinski definition) is 2. The number of aromatic nitrogens is 3. The molecular formula is C25H31ClIN3O4. The van der Waals surface area contributed by atoms with Crippen LogP contribution in [0.15, 0.2) is 48.5 Å². The smallest absolute Gasteiger partial charge is 0.149 e. The largest absolute Gasteiger partial charge is 0.493 e. The van der Waals surface area contributed by atoms with Gasteiger partial charge >= 0.3 is 0 Å². The number of benzene rings is 2. The number of rotatable bonds is 12. The Kier molecular flexibility index (Phi) is 9.58. The summed E-state index contributed by atoms with van der Waals surface area (Å²) in [6.07, 6.45) is -0.785. The lowest BCUT2D eigenvalue weighted by atomic mass is 9.78. The molecule has 0 aliphatic heterocycles. The van der Waals surface area contributed by atoms with Gasteiger partial charge in [0.2, 0.25) is 0 Å². The van der Waals surface area contributed by atoms with E-state index < -0.39 is 6.10 Å². The van der Waals surface area contributed by atoms with Crippen molar-refractivity contribution in [2.75, 3.05) is 19.1 Å². The van der Waals surface area contributed by atoms with Crippen LogP contribution < -0.4 is 9.47 Å². The molecule has 1 aromatic heterocycles. The van der Waals surface area contributed by atoms with Gasteiger partial charge in [0.25, 0.3) is 0 Å². The van der Waals surface area contributed by atoms with E-state index in [1.54, 1.807) is 0 Å². The summed E-state index contributed by atoms with van der Waals surface area (Å²) in [4.78, 5) is 0. The Hall–Kier alpha value is -1.88. The first-order valence-electron chi connectivity index (χ1n) is 11.1. The van der Waals surface area contributed by atoms with Crippen molar-refractivity contribution in [3.05, 3.63) is 69.1 Å². The predicted molar refractivity (Wildman–Crippen MR) is 141 cm³/mol. The number of ether oxygens (including phenoxy) is 2. The number of halogens is 2. The van der Waals surface area contributed by atoms with Crippen LogP contribution in [0.25, 0.3) is 0 Å². The van der Waals surface area contributed by atoms with E-state index in [2.05, 4.69) is 43.2 Å². The Morgan fingerprint density at radius 3 is 2.03 bits per heavy atom. The summed E-state index contributed by atoms with van der Waals surface area (Å²) in [7, 11) is 0. The minimum absolute atomic E-state index is 0.105. The van der Waals surface area contributed by atoms with Crippen LogP contribution in [0, 0.1) is 9.62 Å². The summed E-state index contributed by atoms with van der Waals surface area (Å²) < 4.78 is 13.7. The van der Waals surface area contributed by atoms with Gasteiger partial charge in [0.1, 0.15) is 27.9 Å². The topological polar surface area (TPSA) is 89.6 Å². The van der Waals surface area contributed by atoms with Crippen LogP contribution in [-0.2, 0) is 18.6 Å². The lowest BCUT2D eigenvalue weighted by Gasteiger charge is -2.26. The molecule has 1 heterocycles. The lowest BCUT2D eigenvalue weighted by Crippen LogP contribution is -2.25. The molecule has 0 radical (unpaired) electrons. The van der Waals surface area contributed by atoms with Gasteiger partial charge in [0.15, 0.2) is 0 Å². The average molecular weight is 596 g/mol. The maximum Gasteiger partial charge on any atom is 0.149 e. The first kappa shape index (κ1) is 26.7. The second-order valence-electron chi connectivity index (χ2n) is 8.88. The van der Waals surface area contributed by atoms with Gasteiger partial charge in [-0.1, -0.05) is 50.3 Å². The van der Waals surface area contributed by atoms with Crippen molar-refractivity contribution in [3.63, 3.8) is 0 Å². The summed E-state index contributed by atoms with van der Waals surface area (Å²) in [5.74, 6) is 2.40. The fourth-order valence-electron chi connectivity index (χ4n) is 3.44. The molecule has 3 rings (SSSR count). The number of hydrogen-bond acceptors (Lipinski definition) is 6. The quantitative estimate of drug-likeness (QED) is 0.239. The van der Waals surface area contributed by atoms with E-state index in [-0.39, 0.29) is 25.2 Å². The Morgan fingerprint density at radius 1 is 1.00 bits per heavy atom. The van der Waals surface area contributed by atoms with Gasteiger partial charge < -0.3 is 19.7 Å². The fraction of sp³-hybridized carbons (Fsp3) is 0.440. The highest BCUT2D eigenvalue weighted by atomic mass is 123. The number of nitrogens with zero attached hydrogens (tertiary/aromatic N) is 3. The highest BCUT2D eigenvalue weighted by molar-refractivity contribution is 14.1. The Balaban J connectivity index is 1.57. The molecule has 2 N–H and O–H groups in total. The van der Waals surface area contributed by atoms with E-state index in [1.165, 1.54) is 10.2 Å². The average Bonchev–Trinajstić information content (AvgIpc) is 3.20. The molecule has 184 valence electrons. The monoisotopic (exact) mass is 595 g/mol. The lowest BCUT2D eigenvalue weighted by molar-refractivity contribution is 0.0866. The number of aliphatic hydroxyl groups is 2. The molecule has 9 heteroatoms. The molecule has 0 aliphatic carbocycles. The van der Waals surface area contributed by atoms with E-state index >= 15 is 0 Å². The molecule has 0 saturated heterocycles. The summed E-state index contributed by atoms with van der Waals surface area (Å²) in [5.41, 5.74) is 2.70. The second kappa shape index (κ2) is 12.2. The fourth-order valence-corrected chi connectivity index (χ4v) is 4.07. The molecule has 2 atom stereocenters. The third-order valence-corrected chi connectivity index (χ3v) is 7.08. The summed E-state index contributed by atoms with van der Waals surface area (Å²) in [6, 6.07) is 16.1. The van der Waals surface area contributed by atoms with E-state index in [4.69, 9.17) is 21.1 Å². The highest BCUT2D eigenvalue weighted by Gasteiger charge is 2.23. The highest BCUT2D eigenvalue weighted by Crippen LogP contribution is 2.33. The normalized spacial score (nSPS) is 13.5. The van der Waals surface area contributed by atoms with E-state index in [9.17, 15) is 10.2 Å². The molecule has 0 saturated carbocycles. The van der Waals surface area contributed by atoms with Crippen molar-refractivity contribution >= 4 is 34.2 Å². The molecule has 7 nitrogen and oxygen atoms in total. The van der Waals surface area contributed by atoms with Crippen molar-refractivity contribution in [3.8, 4) is 11.5 Å². The molecule has 2 aromatic carbocycles. The van der Waals surface area contributed by atoms with Crippen molar-refractivity contribution in [1.29, 1.82) is 0 Å². The second-order valence-corrected chi connectivity index (χ2v) is 10.2. The van der Waals surface area contributed by atoms with Gasteiger partial charge in [-0.2, -0.15) is 0 Å². The summed E-state index contributed by atoms with van der Waals surface area (Å²) in [5, 5.41) is 27.6. The summed E-state index contributed by atoms with van der Waals surface area (Å²) >= 11 is 7.85. The molecule has 0 bridgehead atoms. The van der Waals surface area contributed by atoms with Crippen molar-refractivity contribution in [2.24, 2.45) is 5.92 Å². The first-order valence-corrected chi connectivity index (χ1v) is 12.7. The van der Waals surface area contributed by atoms with Gasteiger partial charge in [0, 0.05) is 17.2 Å². The SMILES string of the molecule is CC(CCl)COc1ccc(C(C)(C)c2ccc(OCC(O)Cn3nnc([123I])c3CO)cc2)cc1. The molecular weight excluding hydrogens is 565 g/mol. The minimum Gasteiger partial charge on any atom is -0.493 e. The number of aliphatic hydroxyl groups excluding tert-OH is 2. The standard InChI is InChI=1S/C25H31ClIN3O4/c1-17(12-26)15-33-21-8-4-18(5-9-21)25(2,3)19-6-10-22(11-7-19)34-16-20(32)13-30-23(14-31)24(27)28-29-30/h4-11,17,20,31-32H,12-16H2,1-3H3/i27-4. The maximum absolute atomic E-state index is 10.3. The molecule has 34 heavy (non-hydrogen) atoms. The van der Waals surface area contributed by atoms with Crippen LogP contribution in [0.2, 0.25) is 0 Å². The number of alkyl halides is 1. The first-order chi connectivity index (χ1) is 16.2. The third-order valence-electron chi connectivity index (χ3n) is 5.72. The Bertz CT molecular complexity index is 1040. The van der Waals surface area contributed by atoms with Crippen LogP contribution in [0.5, 0.6) is 11.5 Å². The van der Waals surface area contributed by atoms with Crippen molar-refractivity contribution < 1.29 is 19.7 Å². The molecule has 0 aliphatic rings. The minimum atomic E-state index is -0.785. The molecule has 0 fully saturated rings. The van der Waals surface area contributed by atoms with E-state index in [0.717, 1.165) is 11.3 Å². The van der Waals surface area contributed by atoms with Gasteiger partial charge in [-0.25, -0.2) is 4.68 Å². The zero-order valence-electron chi connectivity index (χ0n) is 19.6. The van der Waals surface area contributed by atoms with E-state index in [0.29, 0.717) is 33.5 Å². The maximum atomic E-state index is 10.3. The third kappa shape index (κ3) is 6.84. The molecule has 0 spiro atoms. The van der Waals surface area contributed by atoms with Gasteiger partial charge in [-0.05, 0) is 58.0 Å². The van der Waals surface area contributed by atoms with Crippen LogP contribution in [-0.4, -0.2) is 50.4 Å². The van der Waals surface area contributed by atoms with Gasteiger partial charge in [-0.3, -0.25) is 0 Å². The van der Waals surface area contributed by atoms with Crippen molar-refractivity contribution in [2.45, 2.75) is 45.4 Å². The zero-order chi connectivity index (χ0) is 24.7. The van der Waals surface area contributed by atoms with Gasteiger partial charge in [-0.15, -0.1) is 16.7 Å².